The molecule has 1 aliphatic rings. The Morgan fingerprint density at radius 3 is 2.59 bits per heavy atom. The lowest BCUT2D eigenvalue weighted by atomic mass is 10.1. The Hall–Kier alpha value is -1.12. The van der Waals surface area contributed by atoms with E-state index in [-0.39, 0.29) is 19.6 Å². The van der Waals surface area contributed by atoms with Crippen LogP contribution in [0.1, 0.15) is 20.3 Å². The molecule has 1 fully saturated rings. The monoisotopic (exact) mass is 338 g/mol. The predicted octanol–water partition coefficient (Wildman–Crippen LogP) is -0.830. The maximum Gasteiger partial charge on any atom is 0.329 e. The SMILES string of the molecule is CC(C)(CO)NCC(=O)[N+]1(CS(=O)(=O)O)C[C@@H](F)C[C@H]1C#N. The van der Waals surface area contributed by atoms with Gasteiger partial charge in [-0.3, -0.25) is 9.87 Å². The molecule has 3 atom stereocenters. The molecule has 8 nitrogen and oxygen atoms in total. The van der Waals surface area contributed by atoms with Crippen molar-refractivity contribution in [2.45, 2.75) is 38.0 Å². The van der Waals surface area contributed by atoms with Gasteiger partial charge in [-0.1, -0.05) is 0 Å². The van der Waals surface area contributed by atoms with Gasteiger partial charge in [0.05, 0.1) is 13.0 Å². The normalized spacial score (nSPS) is 29.3. The van der Waals surface area contributed by atoms with Crippen molar-refractivity contribution < 1.29 is 31.7 Å². The average molecular weight is 338 g/mol. The van der Waals surface area contributed by atoms with Gasteiger partial charge in [-0.25, -0.2) is 13.7 Å². The summed E-state index contributed by atoms with van der Waals surface area (Å²) in [6, 6.07) is 0.581. The van der Waals surface area contributed by atoms with E-state index < -0.39 is 50.7 Å². The van der Waals surface area contributed by atoms with Crippen molar-refractivity contribution in [3.63, 3.8) is 0 Å². The molecule has 0 aromatic carbocycles. The topological polar surface area (TPSA) is 127 Å². The number of nitrogens with one attached hydrogen (secondary N) is 1. The molecule has 1 aliphatic heterocycles. The molecule has 0 spiro atoms. The standard InChI is InChI=1S/C12H20FN3O5S/c1-12(2,7-17)15-5-11(18)16(8-22(19,20)21)6-9(13)3-10(16)4-14/h9-10,15,17H,3,5-8H2,1-2H3/p+1/t9-,10-,16?/m0/s1. The van der Waals surface area contributed by atoms with E-state index in [0.717, 1.165) is 0 Å². The van der Waals surface area contributed by atoms with Crippen molar-refractivity contribution in [2.24, 2.45) is 0 Å². The number of rotatable bonds is 6. The first-order chi connectivity index (χ1) is 9.96. The zero-order chi connectivity index (χ0) is 17.2. The van der Waals surface area contributed by atoms with Crippen LogP contribution in [0.4, 0.5) is 4.39 Å². The van der Waals surface area contributed by atoms with Gasteiger partial charge in [-0.05, 0) is 13.8 Å². The molecule has 10 heteroatoms. The van der Waals surface area contributed by atoms with E-state index in [1.807, 2.05) is 0 Å². The summed E-state index contributed by atoms with van der Waals surface area (Å²) >= 11 is 0. The first-order valence-electron chi connectivity index (χ1n) is 6.71. The van der Waals surface area contributed by atoms with E-state index in [4.69, 9.17) is 14.9 Å². The van der Waals surface area contributed by atoms with Gasteiger partial charge in [0.15, 0.2) is 12.2 Å². The summed E-state index contributed by atoms with van der Waals surface area (Å²) < 4.78 is 44.2. The fourth-order valence-corrected chi connectivity index (χ4v) is 3.48. The number of alkyl halides is 1. The van der Waals surface area contributed by atoms with E-state index >= 15 is 0 Å². The fraction of sp³-hybridized carbons (Fsp3) is 0.833. The van der Waals surface area contributed by atoms with E-state index in [1.165, 1.54) is 0 Å². The Labute approximate surface area is 128 Å². The van der Waals surface area contributed by atoms with Gasteiger partial charge in [-0.2, -0.15) is 13.7 Å². The Balaban J connectivity index is 3.06. The highest BCUT2D eigenvalue weighted by Crippen LogP contribution is 2.30. The first-order valence-corrected chi connectivity index (χ1v) is 8.31. The summed E-state index contributed by atoms with van der Waals surface area (Å²) in [4.78, 5) is 12.5. The van der Waals surface area contributed by atoms with Gasteiger partial charge in [0.1, 0.15) is 19.2 Å². The Bertz CT molecular complexity index is 574. The molecule has 0 bridgehead atoms. The van der Waals surface area contributed by atoms with Gasteiger partial charge in [0.25, 0.3) is 0 Å². The number of halogens is 1. The summed E-state index contributed by atoms with van der Waals surface area (Å²) in [6.07, 6.45) is -1.76. The lowest BCUT2D eigenvalue weighted by molar-refractivity contribution is -0.847. The second-order valence-electron chi connectivity index (χ2n) is 6.19. The second kappa shape index (κ2) is 6.55. The third-order valence-corrected chi connectivity index (χ3v) is 4.54. The molecule has 0 aromatic rings. The largest absolute Gasteiger partial charge is 0.394 e. The van der Waals surface area contributed by atoms with Gasteiger partial charge < -0.3 is 5.11 Å². The molecule has 22 heavy (non-hydrogen) atoms. The Kier molecular flexibility index (Phi) is 5.64. The minimum Gasteiger partial charge on any atom is -0.394 e. The number of hydrogen-bond acceptors (Lipinski definition) is 6. The molecule has 1 amide bonds. The molecule has 1 heterocycles. The fourth-order valence-electron chi connectivity index (χ4n) is 2.47. The van der Waals surface area contributed by atoms with E-state index in [0.29, 0.717) is 0 Å². The van der Waals surface area contributed by atoms with Crippen LogP contribution in [0.25, 0.3) is 0 Å². The minimum absolute atomic E-state index is 0.263. The number of carbonyl (C=O) groups excluding carboxylic acids is 1. The van der Waals surface area contributed by atoms with Gasteiger partial charge in [0, 0.05) is 5.54 Å². The summed E-state index contributed by atoms with van der Waals surface area (Å²) in [5.74, 6) is -1.75. The molecule has 0 radical (unpaired) electrons. The molecule has 0 aliphatic carbocycles. The van der Waals surface area contributed by atoms with Crippen molar-refractivity contribution in [1.82, 2.24) is 5.32 Å². The van der Waals surface area contributed by atoms with Gasteiger partial charge in [0.2, 0.25) is 5.88 Å². The highest BCUT2D eigenvalue weighted by Gasteiger charge is 2.55. The number of aliphatic hydroxyl groups is 1. The maximum absolute atomic E-state index is 13.7. The van der Waals surface area contributed by atoms with E-state index in [9.17, 15) is 17.6 Å². The molecular weight excluding hydrogens is 317 g/mol. The first kappa shape index (κ1) is 18.9. The molecule has 0 saturated carbocycles. The second-order valence-corrected chi connectivity index (χ2v) is 7.62. The zero-order valence-corrected chi connectivity index (χ0v) is 13.3. The number of aliphatic hydroxyl groups excluding tert-OH is 1. The van der Waals surface area contributed by atoms with Crippen LogP contribution in [0.2, 0.25) is 0 Å². The number of hydrogen-bond donors (Lipinski definition) is 3. The molecule has 1 rings (SSSR count). The Morgan fingerprint density at radius 1 is 1.55 bits per heavy atom. The van der Waals surface area contributed by atoms with Crippen LogP contribution in [0.15, 0.2) is 0 Å². The summed E-state index contributed by atoms with van der Waals surface area (Å²) in [5.41, 5.74) is -0.797. The van der Waals surface area contributed by atoms with Gasteiger partial charge >= 0.3 is 16.0 Å². The van der Waals surface area contributed by atoms with Crippen molar-refractivity contribution >= 4 is 16.0 Å². The van der Waals surface area contributed by atoms with E-state index in [1.54, 1.807) is 19.9 Å². The van der Waals surface area contributed by atoms with Crippen LogP contribution in [0.5, 0.6) is 0 Å². The number of likely N-dealkylation sites (tertiary alicyclic amines) is 1. The lowest BCUT2D eigenvalue weighted by Gasteiger charge is -2.34. The summed E-state index contributed by atoms with van der Waals surface area (Å²) in [6.45, 7) is 2.15. The van der Waals surface area contributed by atoms with Crippen molar-refractivity contribution in [3.05, 3.63) is 0 Å². The van der Waals surface area contributed by atoms with Crippen molar-refractivity contribution in [3.8, 4) is 6.07 Å². The average Bonchev–Trinajstić information content (AvgIpc) is 2.71. The van der Waals surface area contributed by atoms with Crippen LogP contribution >= 0.6 is 0 Å². The molecular formula is C12H21FN3O5S+. The molecule has 1 saturated heterocycles. The van der Waals surface area contributed by atoms with Crippen LogP contribution in [-0.2, 0) is 14.9 Å². The highest BCUT2D eigenvalue weighted by atomic mass is 32.2. The van der Waals surface area contributed by atoms with Crippen LogP contribution < -0.4 is 5.32 Å². The van der Waals surface area contributed by atoms with Crippen LogP contribution in [0.3, 0.4) is 0 Å². The number of quaternary nitrogens is 1. The zero-order valence-electron chi connectivity index (χ0n) is 12.5. The smallest absolute Gasteiger partial charge is 0.329 e. The maximum atomic E-state index is 13.7. The lowest BCUT2D eigenvalue weighted by Crippen LogP contribution is -2.62. The predicted molar refractivity (Wildman–Crippen MR) is 74.6 cm³/mol. The van der Waals surface area contributed by atoms with E-state index in [2.05, 4.69) is 5.32 Å². The minimum atomic E-state index is -4.58. The molecule has 3 N–H and O–H groups in total. The number of nitriles is 1. The number of carbonyl (C=O) groups is 1. The third-order valence-electron chi connectivity index (χ3n) is 3.75. The Morgan fingerprint density at radius 2 is 2.14 bits per heavy atom. The number of nitrogens with zero attached hydrogens (tertiary/aromatic N) is 2. The summed E-state index contributed by atoms with van der Waals surface area (Å²) in [7, 11) is -4.58. The molecule has 126 valence electrons. The molecule has 1 unspecified atom stereocenters. The number of amides is 1. The summed E-state index contributed by atoms with van der Waals surface area (Å²) in [5, 5.41) is 21.0. The quantitative estimate of drug-likeness (QED) is 0.426. The van der Waals surface area contributed by atoms with Crippen molar-refractivity contribution in [1.29, 1.82) is 5.26 Å². The van der Waals surface area contributed by atoms with Crippen LogP contribution in [0, 0.1) is 11.3 Å². The highest BCUT2D eigenvalue weighted by molar-refractivity contribution is 7.85. The molecule has 0 aromatic heterocycles. The van der Waals surface area contributed by atoms with Crippen molar-refractivity contribution in [2.75, 3.05) is 25.6 Å². The van der Waals surface area contributed by atoms with Crippen LogP contribution in [-0.4, -0.2) is 71.8 Å². The van der Waals surface area contributed by atoms with Gasteiger partial charge in [-0.15, -0.1) is 0 Å². The third kappa shape index (κ3) is 4.44.